The third-order valence-electron chi connectivity index (χ3n) is 4.91. The third kappa shape index (κ3) is 4.29. The molecule has 3 rings (SSSR count). The molecule has 2 aliphatic rings. The average Bonchev–Trinajstić information content (AvgIpc) is 3.04. The predicted octanol–water partition coefficient (Wildman–Crippen LogP) is 3.28. The SMILES string of the molecule is Cc1cc(NC(=O)CSCC2CCC3(CCCCC3)O2)n(C)n1. The van der Waals surface area contributed by atoms with Gasteiger partial charge in [-0.15, -0.1) is 11.8 Å². The Bertz CT molecular complexity index is 552. The first-order chi connectivity index (χ1) is 11.1. The molecule has 1 aliphatic carbocycles. The maximum atomic E-state index is 12.0. The molecule has 5 nitrogen and oxygen atoms in total. The molecule has 6 heteroatoms. The highest BCUT2D eigenvalue weighted by Crippen LogP contribution is 2.42. The van der Waals surface area contributed by atoms with Gasteiger partial charge in [0.1, 0.15) is 5.82 Å². The molecule has 0 bridgehead atoms. The van der Waals surface area contributed by atoms with E-state index in [1.54, 1.807) is 16.4 Å². The Hall–Kier alpha value is -1.01. The van der Waals surface area contributed by atoms with Crippen molar-refractivity contribution in [1.29, 1.82) is 0 Å². The van der Waals surface area contributed by atoms with E-state index in [-0.39, 0.29) is 11.5 Å². The fraction of sp³-hybridized carbons (Fsp3) is 0.765. The molecule has 1 amide bonds. The van der Waals surface area contributed by atoms with Crippen LogP contribution in [0.1, 0.15) is 50.6 Å². The first kappa shape index (κ1) is 16.8. The molecule has 2 fully saturated rings. The number of nitrogens with zero attached hydrogens (tertiary/aromatic N) is 2. The molecule has 1 atom stereocenters. The number of hydrogen-bond acceptors (Lipinski definition) is 4. The molecule has 1 aliphatic heterocycles. The summed E-state index contributed by atoms with van der Waals surface area (Å²) >= 11 is 1.67. The van der Waals surface area contributed by atoms with E-state index in [2.05, 4.69) is 10.4 Å². The monoisotopic (exact) mass is 337 g/mol. The van der Waals surface area contributed by atoms with Gasteiger partial charge in [-0.3, -0.25) is 9.48 Å². The fourth-order valence-electron chi connectivity index (χ4n) is 3.77. The normalized spacial score (nSPS) is 23.3. The van der Waals surface area contributed by atoms with Crippen molar-refractivity contribution in [2.24, 2.45) is 7.05 Å². The zero-order valence-corrected chi connectivity index (χ0v) is 15.0. The van der Waals surface area contributed by atoms with Crippen LogP contribution in [-0.2, 0) is 16.6 Å². The number of ether oxygens (including phenoxy) is 1. The van der Waals surface area contributed by atoms with Crippen LogP contribution >= 0.6 is 11.8 Å². The number of aromatic nitrogens is 2. The van der Waals surface area contributed by atoms with Gasteiger partial charge in [0.15, 0.2) is 0 Å². The molecule has 1 aromatic heterocycles. The summed E-state index contributed by atoms with van der Waals surface area (Å²) in [5.74, 6) is 2.17. The molecule has 1 saturated heterocycles. The lowest BCUT2D eigenvalue weighted by molar-refractivity contribution is -0.113. The van der Waals surface area contributed by atoms with Gasteiger partial charge >= 0.3 is 0 Å². The van der Waals surface area contributed by atoms with Crippen molar-refractivity contribution in [3.63, 3.8) is 0 Å². The Balaban J connectivity index is 1.38. The molecule has 23 heavy (non-hydrogen) atoms. The molecule has 1 saturated carbocycles. The second kappa shape index (κ2) is 7.26. The van der Waals surface area contributed by atoms with Crippen LogP contribution < -0.4 is 5.32 Å². The zero-order valence-electron chi connectivity index (χ0n) is 14.1. The number of hydrogen-bond donors (Lipinski definition) is 1. The largest absolute Gasteiger partial charge is 0.371 e. The maximum absolute atomic E-state index is 12.0. The summed E-state index contributed by atoms with van der Waals surface area (Å²) in [4.78, 5) is 12.0. The van der Waals surface area contributed by atoms with Gasteiger partial charge in [-0.05, 0) is 32.6 Å². The summed E-state index contributed by atoms with van der Waals surface area (Å²) in [6, 6.07) is 1.88. The molecule has 1 unspecified atom stereocenters. The molecule has 1 spiro atoms. The predicted molar refractivity (Wildman–Crippen MR) is 93.8 cm³/mol. The van der Waals surface area contributed by atoms with Crippen molar-refractivity contribution in [3.8, 4) is 0 Å². The summed E-state index contributed by atoms with van der Waals surface area (Å²) in [6.45, 7) is 1.92. The van der Waals surface area contributed by atoms with Crippen molar-refractivity contribution in [2.45, 2.75) is 63.6 Å². The lowest BCUT2D eigenvalue weighted by Gasteiger charge is -2.33. The van der Waals surface area contributed by atoms with E-state index in [0.29, 0.717) is 11.9 Å². The Labute approximate surface area is 142 Å². The van der Waals surface area contributed by atoms with Crippen LogP contribution in [0.25, 0.3) is 0 Å². The van der Waals surface area contributed by atoms with Crippen molar-refractivity contribution in [3.05, 3.63) is 11.8 Å². The molecule has 1 aromatic rings. The number of thioether (sulfide) groups is 1. The van der Waals surface area contributed by atoms with Gasteiger partial charge in [-0.1, -0.05) is 19.3 Å². The second-order valence-electron chi connectivity index (χ2n) is 6.88. The van der Waals surface area contributed by atoms with Crippen LogP contribution in [0, 0.1) is 6.92 Å². The number of anilines is 1. The number of carbonyl (C=O) groups excluding carboxylic acids is 1. The lowest BCUT2D eigenvalue weighted by Crippen LogP contribution is -2.32. The van der Waals surface area contributed by atoms with Crippen molar-refractivity contribution < 1.29 is 9.53 Å². The molecule has 1 N–H and O–H groups in total. The summed E-state index contributed by atoms with van der Waals surface area (Å²) in [5, 5.41) is 7.14. The molecular formula is C17H27N3O2S. The minimum atomic E-state index is 0.0309. The summed E-state index contributed by atoms with van der Waals surface area (Å²) < 4.78 is 8.04. The number of carbonyl (C=O) groups is 1. The van der Waals surface area contributed by atoms with E-state index in [1.165, 1.54) is 38.5 Å². The van der Waals surface area contributed by atoms with Crippen LogP contribution in [0.15, 0.2) is 6.07 Å². The van der Waals surface area contributed by atoms with Crippen LogP contribution in [0.3, 0.4) is 0 Å². The summed E-state index contributed by atoms with van der Waals surface area (Å²) in [7, 11) is 1.84. The van der Waals surface area contributed by atoms with Gasteiger partial charge in [0.2, 0.25) is 5.91 Å². The molecule has 0 aromatic carbocycles. The zero-order chi connectivity index (χ0) is 16.3. The Morgan fingerprint density at radius 2 is 2.22 bits per heavy atom. The van der Waals surface area contributed by atoms with Crippen LogP contribution in [0.2, 0.25) is 0 Å². The van der Waals surface area contributed by atoms with E-state index >= 15 is 0 Å². The average molecular weight is 337 g/mol. The van der Waals surface area contributed by atoms with E-state index in [1.807, 2.05) is 20.0 Å². The smallest absolute Gasteiger partial charge is 0.235 e. The third-order valence-corrected chi connectivity index (χ3v) is 5.98. The fourth-order valence-corrected chi connectivity index (χ4v) is 4.64. The van der Waals surface area contributed by atoms with Gasteiger partial charge < -0.3 is 10.1 Å². The van der Waals surface area contributed by atoms with Gasteiger partial charge in [0.05, 0.1) is 23.2 Å². The lowest BCUT2D eigenvalue weighted by atomic mass is 9.83. The minimum absolute atomic E-state index is 0.0309. The first-order valence-electron chi connectivity index (χ1n) is 8.62. The van der Waals surface area contributed by atoms with Gasteiger partial charge in [0, 0.05) is 18.9 Å². The number of aryl methyl sites for hydroxylation is 2. The quantitative estimate of drug-likeness (QED) is 0.896. The van der Waals surface area contributed by atoms with E-state index in [0.717, 1.165) is 23.7 Å². The van der Waals surface area contributed by atoms with Gasteiger partial charge in [-0.2, -0.15) is 5.10 Å². The Morgan fingerprint density at radius 1 is 1.43 bits per heavy atom. The minimum Gasteiger partial charge on any atom is -0.371 e. The highest BCUT2D eigenvalue weighted by atomic mass is 32.2. The van der Waals surface area contributed by atoms with Crippen molar-refractivity contribution >= 4 is 23.5 Å². The topological polar surface area (TPSA) is 56.1 Å². The molecular weight excluding hydrogens is 310 g/mol. The second-order valence-corrected chi connectivity index (χ2v) is 7.91. The molecule has 2 heterocycles. The van der Waals surface area contributed by atoms with E-state index in [9.17, 15) is 4.79 Å². The Kier molecular flexibility index (Phi) is 5.31. The number of rotatable bonds is 5. The number of amides is 1. The number of nitrogens with one attached hydrogen (secondary N) is 1. The van der Waals surface area contributed by atoms with Crippen LogP contribution in [-0.4, -0.2) is 38.9 Å². The van der Waals surface area contributed by atoms with Crippen LogP contribution in [0.4, 0.5) is 5.82 Å². The van der Waals surface area contributed by atoms with E-state index in [4.69, 9.17) is 4.74 Å². The van der Waals surface area contributed by atoms with Crippen molar-refractivity contribution in [2.75, 3.05) is 16.8 Å². The van der Waals surface area contributed by atoms with Crippen LogP contribution in [0.5, 0.6) is 0 Å². The molecule has 0 radical (unpaired) electrons. The highest BCUT2D eigenvalue weighted by Gasteiger charge is 2.40. The molecule has 128 valence electrons. The highest BCUT2D eigenvalue weighted by molar-refractivity contribution is 8.00. The van der Waals surface area contributed by atoms with Gasteiger partial charge in [0.25, 0.3) is 0 Å². The Morgan fingerprint density at radius 3 is 2.91 bits per heavy atom. The summed E-state index contributed by atoms with van der Waals surface area (Å²) in [6.07, 6.45) is 9.12. The maximum Gasteiger partial charge on any atom is 0.235 e. The first-order valence-corrected chi connectivity index (χ1v) is 9.78. The standard InChI is InChI=1S/C17H27N3O2S/c1-13-10-15(20(2)19-13)18-16(21)12-23-11-14-6-9-17(22-14)7-4-3-5-8-17/h10,14H,3-9,11-12H2,1-2H3,(H,18,21). The van der Waals surface area contributed by atoms with E-state index < -0.39 is 0 Å². The van der Waals surface area contributed by atoms with Crippen molar-refractivity contribution in [1.82, 2.24) is 9.78 Å². The summed E-state index contributed by atoms with van der Waals surface area (Å²) in [5.41, 5.74) is 1.09. The van der Waals surface area contributed by atoms with Gasteiger partial charge in [-0.25, -0.2) is 0 Å².